The van der Waals surface area contributed by atoms with E-state index < -0.39 is 5.91 Å². The van der Waals surface area contributed by atoms with Crippen LogP contribution in [-0.2, 0) is 19.4 Å². The summed E-state index contributed by atoms with van der Waals surface area (Å²) >= 11 is 2.68. The molecule has 1 aliphatic carbocycles. The summed E-state index contributed by atoms with van der Waals surface area (Å²) in [5.74, 6) is -0.340. The number of benzene rings is 1. The van der Waals surface area contributed by atoms with Crippen molar-refractivity contribution in [2.45, 2.75) is 25.8 Å². The van der Waals surface area contributed by atoms with Crippen LogP contribution in [0.4, 0.5) is 0 Å². The molecule has 4 aromatic rings. The Bertz CT molecular complexity index is 1220. The number of aromatic amines is 1. The second-order valence-corrected chi connectivity index (χ2v) is 7.83. The van der Waals surface area contributed by atoms with Gasteiger partial charge in [-0.2, -0.15) is 8.75 Å². The van der Waals surface area contributed by atoms with Crippen molar-refractivity contribution in [1.29, 1.82) is 0 Å². The fraction of sp³-hybridized carbons (Fsp3) is 0.235. The highest BCUT2D eigenvalue weighted by atomic mass is 32.1. The number of H-pyrrole nitrogens is 1. The molecule has 9 heteroatoms. The number of nitrogens with zero attached hydrogens (tertiary/aromatic N) is 3. The number of aromatic nitrogens is 4. The number of fused-ring (bicyclic) bond motifs is 4. The monoisotopic (exact) mass is 383 g/mol. The van der Waals surface area contributed by atoms with Crippen LogP contribution in [0.15, 0.2) is 23.0 Å². The third kappa shape index (κ3) is 2.51. The van der Waals surface area contributed by atoms with Crippen molar-refractivity contribution in [2.75, 3.05) is 0 Å². The van der Waals surface area contributed by atoms with Crippen LogP contribution >= 0.6 is 23.1 Å². The largest absolute Gasteiger partial charge is 0.345 e. The zero-order valence-corrected chi connectivity index (χ0v) is 15.2. The lowest BCUT2D eigenvalue weighted by Gasteiger charge is -2.05. The van der Waals surface area contributed by atoms with Gasteiger partial charge in [0.05, 0.1) is 17.1 Å². The summed E-state index contributed by atoms with van der Waals surface area (Å²) in [5.41, 5.74) is 3.44. The van der Waals surface area contributed by atoms with E-state index in [0.29, 0.717) is 16.8 Å². The Morgan fingerprint density at radius 3 is 3.04 bits per heavy atom. The van der Waals surface area contributed by atoms with Crippen LogP contribution in [0.2, 0.25) is 0 Å². The maximum absolute atomic E-state index is 12.4. The number of aryl methyl sites for hydroxylation is 2. The first-order valence-corrected chi connectivity index (χ1v) is 9.78. The molecule has 0 bridgehead atoms. The molecule has 2 N–H and O–H groups in total. The summed E-state index contributed by atoms with van der Waals surface area (Å²) in [5, 5.41) is 3.45. The number of rotatable bonds is 3. The second-order valence-electron chi connectivity index (χ2n) is 6.22. The molecule has 5 rings (SSSR count). The summed E-state index contributed by atoms with van der Waals surface area (Å²) in [6, 6.07) is 5.66. The fourth-order valence-corrected chi connectivity index (χ4v) is 5.09. The van der Waals surface area contributed by atoms with E-state index in [1.165, 1.54) is 16.2 Å². The summed E-state index contributed by atoms with van der Waals surface area (Å²) in [6.45, 7) is 0.328. The van der Waals surface area contributed by atoms with Gasteiger partial charge in [-0.15, -0.1) is 11.3 Å². The Balaban J connectivity index is 1.40. The first kappa shape index (κ1) is 15.6. The van der Waals surface area contributed by atoms with Crippen LogP contribution in [0.5, 0.6) is 0 Å². The Labute approximate surface area is 155 Å². The molecule has 1 aliphatic rings. The van der Waals surface area contributed by atoms with Gasteiger partial charge < -0.3 is 10.3 Å². The van der Waals surface area contributed by atoms with Crippen LogP contribution in [0, 0.1) is 0 Å². The Morgan fingerprint density at radius 2 is 2.12 bits per heavy atom. The molecule has 0 spiro atoms. The lowest BCUT2D eigenvalue weighted by atomic mass is 10.2. The Kier molecular flexibility index (Phi) is 3.57. The number of amides is 1. The third-order valence-electron chi connectivity index (χ3n) is 4.56. The van der Waals surface area contributed by atoms with Crippen LogP contribution < -0.4 is 10.9 Å². The van der Waals surface area contributed by atoms with E-state index in [2.05, 4.69) is 24.0 Å². The zero-order valence-electron chi connectivity index (χ0n) is 13.5. The third-order valence-corrected chi connectivity index (χ3v) is 6.30. The van der Waals surface area contributed by atoms with Crippen molar-refractivity contribution < 1.29 is 4.79 Å². The normalized spacial score (nSPS) is 13.4. The fourth-order valence-electron chi connectivity index (χ4n) is 3.31. The highest BCUT2D eigenvalue weighted by Crippen LogP contribution is 2.34. The van der Waals surface area contributed by atoms with E-state index in [4.69, 9.17) is 0 Å². The van der Waals surface area contributed by atoms with Gasteiger partial charge in [-0.3, -0.25) is 9.59 Å². The smallest absolute Gasteiger partial charge is 0.287 e. The van der Waals surface area contributed by atoms with E-state index in [-0.39, 0.29) is 11.4 Å². The molecule has 0 aliphatic heterocycles. The minimum absolute atomic E-state index is 0.0545. The number of nitrogens with one attached hydrogen (secondary N) is 2. The lowest BCUT2D eigenvalue weighted by molar-refractivity contribution is 0.0940. The maximum Gasteiger partial charge on any atom is 0.287 e. The van der Waals surface area contributed by atoms with Gasteiger partial charge in [0, 0.05) is 11.4 Å². The maximum atomic E-state index is 12.4. The molecule has 1 aromatic carbocycles. The van der Waals surface area contributed by atoms with Gasteiger partial charge in [-0.05, 0) is 42.5 Å². The molecule has 1 amide bonds. The van der Waals surface area contributed by atoms with Crippen molar-refractivity contribution in [2.24, 2.45) is 0 Å². The molecule has 3 aromatic heterocycles. The van der Waals surface area contributed by atoms with E-state index in [0.717, 1.165) is 53.2 Å². The minimum atomic E-state index is -0.394. The Morgan fingerprint density at radius 1 is 1.23 bits per heavy atom. The average molecular weight is 383 g/mol. The van der Waals surface area contributed by atoms with E-state index in [1.54, 1.807) is 0 Å². The van der Waals surface area contributed by atoms with Gasteiger partial charge in [0.2, 0.25) is 5.82 Å². The number of carbonyl (C=O) groups is 1. The first-order valence-electron chi connectivity index (χ1n) is 8.23. The van der Waals surface area contributed by atoms with Crippen molar-refractivity contribution in [3.63, 3.8) is 0 Å². The highest BCUT2D eigenvalue weighted by Gasteiger charge is 2.22. The van der Waals surface area contributed by atoms with Gasteiger partial charge in [0.1, 0.15) is 15.9 Å². The van der Waals surface area contributed by atoms with E-state index in [9.17, 15) is 9.59 Å². The topological polar surface area (TPSA) is 101 Å². The van der Waals surface area contributed by atoms with Crippen molar-refractivity contribution in [3.05, 3.63) is 50.4 Å². The SMILES string of the molecule is O=C(NCc1ccc2nsnc2c1)c1nc2sc3c(c2c(=O)[nH]1)CCC3. The second kappa shape index (κ2) is 5.96. The molecular weight excluding hydrogens is 370 g/mol. The van der Waals surface area contributed by atoms with E-state index >= 15 is 0 Å². The molecule has 0 unspecified atom stereocenters. The molecule has 3 heterocycles. The van der Waals surface area contributed by atoms with E-state index in [1.807, 2.05) is 18.2 Å². The molecule has 0 saturated carbocycles. The van der Waals surface area contributed by atoms with Gasteiger partial charge >= 0.3 is 0 Å². The van der Waals surface area contributed by atoms with Crippen molar-refractivity contribution in [3.8, 4) is 0 Å². The van der Waals surface area contributed by atoms with Crippen LogP contribution in [0.3, 0.4) is 0 Å². The molecule has 0 radical (unpaired) electrons. The number of thiophene rings is 1. The molecule has 0 atom stereocenters. The van der Waals surface area contributed by atoms with Gasteiger partial charge in [0.15, 0.2) is 0 Å². The van der Waals surface area contributed by atoms with Crippen LogP contribution in [0.25, 0.3) is 21.3 Å². The minimum Gasteiger partial charge on any atom is -0.345 e. The predicted molar refractivity (Wildman–Crippen MR) is 101 cm³/mol. The highest BCUT2D eigenvalue weighted by molar-refractivity contribution is 7.18. The number of hydrogen-bond acceptors (Lipinski definition) is 7. The number of carbonyl (C=O) groups excluding carboxylic acids is 1. The molecule has 130 valence electrons. The predicted octanol–water partition coefficient (Wildman–Crippen LogP) is 2.41. The van der Waals surface area contributed by atoms with Crippen molar-refractivity contribution in [1.82, 2.24) is 24.0 Å². The zero-order chi connectivity index (χ0) is 17.7. The Hall–Kier alpha value is -2.65. The number of hydrogen-bond donors (Lipinski definition) is 2. The molecule has 26 heavy (non-hydrogen) atoms. The summed E-state index contributed by atoms with van der Waals surface area (Å²) < 4.78 is 8.35. The molecule has 0 fully saturated rings. The van der Waals surface area contributed by atoms with Gasteiger partial charge in [-0.1, -0.05) is 6.07 Å². The average Bonchev–Trinajstić information content (AvgIpc) is 3.33. The van der Waals surface area contributed by atoms with Gasteiger partial charge in [-0.25, -0.2) is 4.98 Å². The molecular formula is C17H13N5O2S2. The van der Waals surface area contributed by atoms with Crippen molar-refractivity contribution >= 4 is 50.2 Å². The summed E-state index contributed by atoms with van der Waals surface area (Å²) in [7, 11) is 0. The first-order chi connectivity index (χ1) is 12.7. The van der Waals surface area contributed by atoms with Gasteiger partial charge in [0.25, 0.3) is 11.5 Å². The van der Waals surface area contributed by atoms with Crippen LogP contribution in [-0.4, -0.2) is 24.6 Å². The molecule has 7 nitrogen and oxygen atoms in total. The quantitative estimate of drug-likeness (QED) is 0.566. The molecule has 0 saturated heterocycles. The standard InChI is InChI=1S/C17H13N5O2S2/c23-15-13-9-2-1-3-12(9)25-17(13)20-14(19-15)16(24)18-7-8-4-5-10-11(6-8)22-26-21-10/h4-6H,1-3,7H2,(H,18,24)(H,19,20,23). The summed E-state index contributed by atoms with van der Waals surface area (Å²) in [6.07, 6.45) is 2.99. The summed E-state index contributed by atoms with van der Waals surface area (Å²) in [4.78, 5) is 33.8. The lowest BCUT2D eigenvalue weighted by Crippen LogP contribution is -2.27. The van der Waals surface area contributed by atoms with Crippen LogP contribution in [0.1, 0.15) is 33.0 Å².